The molecule has 1 aliphatic rings. The van der Waals surface area contributed by atoms with Crippen LogP contribution in [0.1, 0.15) is 29.6 Å². The summed E-state index contributed by atoms with van der Waals surface area (Å²) >= 11 is 0. The zero-order valence-corrected chi connectivity index (χ0v) is 9.49. The van der Waals surface area contributed by atoms with Crippen molar-refractivity contribution in [3.63, 3.8) is 0 Å². The van der Waals surface area contributed by atoms with Crippen LogP contribution < -0.4 is 10.6 Å². The summed E-state index contributed by atoms with van der Waals surface area (Å²) in [6.07, 6.45) is 5.40. The molecule has 1 aromatic rings. The second-order valence-electron chi connectivity index (χ2n) is 4.17. The summed E-state index contributed by atoms with van der Waals surface area (Å²) in [4.78, 5) is 15.8. The van der Waals surface area contributed by atoms with Crippen molar-refractivity contribution in [1.82, 2.24) is 10.3 Å². The molecule has 0 radical (unpaired) electrons. The van der Waals surface area contributed by atoms with Gasteiger partial charge in [0.25, 0.3) is 5.91 Å². The van der Waals surface area contributed by atoms with Gasteiger partial charge in [0.1, 0.15) is 5.82 Å². The number of pyridine rings is 1. The molecule has 0 unspecified atom stereocenters. The SMILES string of the molecule is CNc1cc(C(=O)NCCC2CC2)ccn1. The van der Waals surface area contributed by atoms with Gasteiger partial charge in [-0.3, -0.25) is 4.79 Å². The molecule has 86 valence electrons. The van der Waals surface area contributed by atoms with E-state index in [0.29, 0.717) is 5.56 Å². The van der Waals surface area contributed by atoms with Crippen molar-refractivity contribution in [2.75, 3.05) is 18.9 Å². The van der Waals surface area contributed by atoms with E-state index < -0.39 is 0 Å². The van der Waals surface area contributed by atoms with Gasteiger partial charge >= 0.3 is 0 Å². The lowest BCUT2D eigenvalue weighted by Crippen LogP contribution is -2.24. The highest BCUT2D eigenvalue weighted by Gasteiger charge is 2.20. The Labute approximate surface area is 95.5 Å². The van der Waals surface area contributed by atoms with Gasteiger partial charge in [-0.2, -0.15) is 0 Å². The van der Waals surface area contributed by atoms with Crippen molar-refractivity contribution in [2.45, 2.75) is 19.3 Å². The minimum atomic E-state index is -0.0143. The van der Waals surface area contributed by atoms with Crippen LogP contribution >= 0.6 is 0 Å². The Hall–Kier alpha value is -1.58. The Morgan fingerprint density at radius 2 is 2.38 bits per heavy atom. The van der Waals surface area contributed by atoms with Crippen molar-refractivity contribution in [3.8, 4) is 0 Å². The molecule has 0 aliphatic heterocycles. The number of rotatable bonds is 5. The second kappa shape index (κ2) is 4.96. The Balaban J connectivity index is 1.86. The monoisotopic (exact) mass is 219 g/mol. The van der Waals surface area contributed by atoms with E-state index in [0.717, 1.165) is 24.7 Å². The molecular weight excluding hydrogens is 202 g/mol. The van der Waals surface area contributed by atoms with Gasteiger partial charge in [0.05, 0.1) is 0 Å². The smallest absolute Gasteiger partial charge is 0.251 e. The fourth-order valence-electron chi connectivity index (χ4n) is 1.61. The van der Waals surface area contributed by atoms with E-state index >= 15 is 0 Å². The van der Waals surface area contributed by atoms with E-state index in [4.69, 9.17) is 0 Å². The fraction of sp³-hybridized carbons (Fsp3) is 0.500. The Morgan fingerprint density at radius 3 is 3.06 bits per heavy atom. The third-order valence-corrected chi connectivity index (χ3v) is 2.81. The third-order valence-electron chi connectivity index (χ3n) is 2.81. The van der Waals surface area contributed by atoms with Crippen LogP contribution in [0.4, 0.5) is 5.82 Å². The van der Waals surface area contributed by atoms with Gasteiger partial charge in [0, 0.05) is 25.4 Å². The molecule has 0 spiro atoms. The lowest BCUT2D eigenvalue weighted by atomic mass is 10.2. The number of nitrogens with one attached hydrogen (secondary N) is 2. The van der Waals surface area contributed by atoms with Crippen molar-refractivity contribution in [1.29, 1.82) is 0 Å². The summed E-state index contributed by atoms with van der Waals surface area (Å²) in [7, 11) is 1.79. The fourth-order valence-corrected chi connectivity index (χ4v) is 1.61. The number of nitrogens with zero attached hydrogens (tertiary/aromatic N) is 1. The van der Waals surface area contributed by atoms with E-state index in [1.807, 2.05) is 0 Å². The standard InChI is InChI=1S/C12H17N3O/c1-13-11-8-10(5-7-14-11)12(16)15-6-4-9-2-3-9/h5,7-9H,2-4,6H2,1H3,(H,13,14)(H,15,16). The first-order valence-corrected chi connectivity index (χ1v) is 5.71. The summed E-state index contributed by atoms with van der Waals surface area (Å²) in [5.74, 6) is 1.56. The van der Waals surface area contributed by atoms with Crippen LogP contribution in [0.15, 0.2) is 18.3 Å². The van der Waals surface area contributed by atoms with Crippen molar-refractivity contribution < 1.29 is 4.79 Å². The van der Waals surface area contributed by atoms with Gasteiger partial charge in [-0.05, 0) is 24.5 Å². The Morgan fingerprint density at radius 1 is 1.56 bits per heavy atom. The zero-order chi connectivity index (χ0) is 11.4. The molecule has 2 rings (SSSR count). The molecular formula is C12H17N3O. The Kier molecular flexibility index (Phi) is 3.39. The molecule has 1 heterocycles. The van der Waals surface area contributed by atoms with Gasteiger partial charge in [0.15, 0.2) is 0 Å². The molecule has 0 atom stereocenters. The van der Waals surface area contributed by atoms with Crippen molar-refractivity contribution in [3.05, 3.63) is 23.9 Å². The highest BCUT2D eigenvalue weighted by molar-refractivity contribution is 5.94. The van der Waals surface area contributed by atoms with Crippen LogP contribution in [0.3, 0.4) is 0 Å². The number of hydrogen-bond acceptors (Lipinski definition) is 3. The average molecular weight is 219 g/mol. The maximum absolute atomic E-state index is 11.7. The van der Waals surface area contributed by atoms with Gasteiger partial charge in [0.2, 0.25) is 0 Å². The van der Waals surface area contributed by atoms with E-state index in [1.54, 1.807) is 25.4 Å². The molecule has 0 saturated heterocycles. The van der Waals surface area contributed by atoms with Crippen LogP contribution in [-0.2, 0) is 0 Å². The van der Waals surface area contributed by atoms with E-state index in [-0.39, 0.29) is 5.91 Å². The minimum absolute atomic E-state index is 0.0143. The number of aromatic nitrogens is 1. The van der Waals surface area contributed by atoms with Gasteiger partial charge < -0.3 is 10.6 Å². The molecule has 0 bridgehead atoms. The molecule has 1 fully saturated rings. The molecule has 1 saturated carbocycles. The predicted octanol–water partition coefficient (Wildman–Crippen LogP) is 1.65. The number of hydrogen-bond donors (Lipinski definition) is 2. The summed E-state index contributed by atoms with van der Waals surface area (Å²) in [6.45, 7) is 0.778. The van der Waals surface area contributed by atoms with Crippen LogP contribution in [-0.4, -0.2) is 24.5 Å². The van der Waals surface area contributed by atoms with Crippen LogP contribution in [0.5, 0.6) is 0 Å². The van der Waals surface area contributed by atoms with Crippen LogP contribution in [0.2, 0.25) is 0 Å². The first-order valence-electron chi connectivity index (χ1n) is 5.71. The third kappa shape index (κ3) is 2.95. The van der Waals surface area contributed by atoms with E-state index in [1.165, 1.54) is 12.8 Å². The van der Waals surface area contributed by atoms with Gasteiger partial charge in [-0.1, -0.05) is 12.8 Å². The number of amides is 1. The summed E-state index contributed by atoms with van der Waals surface area (Å²) in [6, 6.07) is 3.49. The average Bonchev–Trinajstić information content (AvgIpc) is 3.13. The quantitative estimate of drug-likeness (QED) is 0.791. The molecule has 4 nitrogen and oxygen atoms in total. The van der Waals surface area contributed by atoms with Crippen LogP contribution in [0, 0.1) is 5.92 Å². The van der Waals surface area contributed by atoms with Crippen molar-refractivity contribution >= 4 is 11.7 Å². The molecule has 1 amide bonds. The molecule has 1 aromatic heterocycles. The maximum Gasteiger partial charge on any atom is 0.251 e. The van der Waals surface area contributed by atoms with Gasteiger partial charge in [-0.25, -0.2) is 4.98 Å². The first kappa shape index (κ1) is 10.9. The van der Waals surface area contributed by atoms with E-state index in [9.17, 15) is 4.79 Å². The summed E-state index contributed by atoms with van der Waals surface area (Å²) in [5, 5.41) is 5.84. The summed E-state index contributed by atoms with van der Waals surface area (Å²) < 4.78 is 0. The van der Waals surface area contributed by atoms with Crippen molar-refractivity contribution in [2.24, 2.45) is 5.92 Å². The number of anilines is 1. The van der Waals surface area contributed by atoms with Crippen LogP contribution in [0.25, 0.3) is 0 Å². The van der Waals surface area contributed by atoms with Gasteiger partial charge in [-0.15, -0.1) is 0 Å². The second-order valence-corrected chi connectivity index (χ2v) is 4.17. The highest BCUT2D eigenvalue weighted by atomic mass is 16.1. The maximum atomic E-state index is 11.7. The topological polar surface area (TPSA) is 54.0 Å². The highest BCUT2D eigenvalue weighted by Crippen LogP contribution is 2.31. The number of carbonyl (C=O) groups excluding carboxylic acids is 1. The summed E-state index contributed by atoms with van der Waals surface area (Å²) in [5.41, 5.74) is 0.662. The lowest BCUT2D eigenvalue weighted by molar-refractivity contribution is 0.0952. The lowest BCUT2D eigenvalue weighted by Gasteiger charge is -2.05. The molecule has 1 aliphatic carbocycles. The number of carbonyl (C=O) groups is 1. The minimum Gasteiger partial charge on any atom is -0.373 e. The normalized spacial score (nSPS) is 14.6. The Bertz CT molecular complexity index is 374. The molecule has 2 N–H and O–H groups in total. The largest absolute Gasteiger partial charge is 0.373 e. The zero-order valence-electron chi connectivity index (χ0n) is 9.49. The first-order chi connectivity index (χ1) is 7.79. The molecule has 4 heteroatoms. The molecule has 0 aromatic carbocycles. The van der Waals surface area contributed by atoms with E-state index in [2.05, 4.69) is 15.6 Å². The predicted molar refractivity (Wildman–Crippen MR) is 63.5 cm³/mol. The molecule has 16 heavy (non-hydrogen) atoms.